The van der Waals surface area contributed by atoms with Crippen LogP contribution >= 0.6 is 45.3 Å². The molecule has 0 fully saturated rings. The third kappa shape index (κ3) is 17.6. The molecule has 0 spiro atoms. The second kappa shape index (κ2) is 36.6. The van der Waals surface area contributed by atoms with Crippen LogP contribution in [0, 0.1) is 25.7 Å². The number of benzene rings is 1. The molecule has 5 aromatic rings. The lowest BCUT2D eigenvalue weighted by Crippen LogP contribution is -2.40. The predicted molar refractivity (Wildman–Crippen MR) is 377 cm³/mol. The molecule has 2 atom stereocenters. The summed E-state index contributed by atoms with van der Waals surface area (Å²) in [5.41, 5.74) is 4.91. The molecule has 2 aliphatic rings. The molecule has 478 valence electrons. The molecular weight excluding hydrogens is 1130 g/mol. The van der Waals surface area contributed by atoms with Crippen LogP contribution in [-0.4, -0.2) is 45.5 Å². The molecular formula is C76H116N2O4S4. The number of carbonyl (C=O) groups excluding carboxylic acids is 4. The number of thiophene rings is 4. The van der Waals surface area contributed by atoms with Crippen molar-refractivity contribution in [2.45, 2.75) is 338 Å². The van der Waals surface area contributed by atoms with Crippen molar-refractivity contribution in [1.82, 2.24) is 9.80 Å². The SMILES string of the molecule is CCCCCCCCC(CCCCCCCC)N1C(=O)c2c(C)sc(-c3sc(-c4cc5c(CCC(CC)CCCC)c6sc(C)cc6c(CCC(CC)CCCC)c5s4)c4c3C(=O)N(C(CCCCCCCC)CCCCCCCC)C4=O)c2C1=O. The number of imide groups is 2. The van der Waals surface area contributed by atoms with Crippen molar-refractivity contribution in [2.75, 3.05) is 0 Å². The Morgan fingerprint density at radius 1 is 0.349 bits per heavy atom. The van der Waals surface area contributed by atoms with Gasteiger partial charge in [0.15, 0.2) is 0 Å². The zero-order chi connectivity index (χ0) is 61.5. The number of rotatable bonds is 46. The number of nitrogens with zero attached hydrogens (tertiary/aromatic N) is 2. The molecule has 6 nitrogen and oxygen atoms in total. The van der Waals surface area contributed by atoms with E-state index >= 15 is 19.2 Å². The zero-order valence-electron chi connectivity index (χ0n) is 55.9. The van der Waals surface area contributed by atoms with Crippen LogP contribution in [0.1, 0.15) is 362 Å². The first-order valence-electron chi connectivity index (χ1n) is 36.0. The third-order valence-electron chi connectivity index (χ3n) is 19.9. The van der Waals surface area contributed by atoms with Gasteiger partial charge < -0.3 is 0 Å². The van der Waals surface area contributed by atoms with Crippen molar-refractivity contribution in [3.05, 3.63) is 55.3 Å². The van der Waals surface area contributed by atoms with Gasteiger partial charge in [-0.1, -0.05) is 261 Å². The first-order valence-corrected chi connectivity index (χ1v) is 39.2. The average molecular weight is 1250 g/mol. The first kappa shape index (κ1) is 70.3. The maximum atomic E-state index is 16.0. The monoisotopic (exact) mass is 1250 g/mol. The quantitative estimate of drug-likeness (QED) is 0.0287. The van der Waals surface area contributed by atoms with E-state index in [9.17, 15) is 0 Å². The summed E-state index contributed by atoms with van der Waals surface area (Å²) in [6.07, 6.45) is 45.2. The first-order chi connectivity index (χ1) is 41.9. The topological polar surface area (TPSA) is 74.8 Å². The standard InChI is InChI=1S/C76H116N2O4S4/c1-11-19-25-29-33-37-43-57(44-38-34-30-26-20-12-2)77-73(79)64-54(10)84-71(65(64)74(77)80)72-67-66(75(81)78(76(67)82)58(45-39-35-31-27-21-13-3)46-40-36-32-28-22-14-4)70(86-72)63-52-62-60(50-48-56(18-8)42-24-16-6)68-61(51-53(9)83-68)59(69(62)85-63)49-47-55(17-7)41-23-15-5/h51-52,55-58H,11-50H2,1-10H3. The van der Waals surface area contributed by atoms with Crippen LogP contribution < -0.4 is 0 Å². The number of hydrogen-bond acceptors (Lipinski definition) is 8. The summed E-state index contributed by atoms with van der Waals surface area (Å²) < 4.78 is 2.78. The summed E-state index contributed by atoms with van der Waals surface area (Å²) in [5, 5.41) is 2.74. The van der Waals surface area contributed by atoms with Crippen LogP contribution in [0.25, 0.3) is 39.7 Å². The van der Waals surface area contributed by atoms with Crippen LogP contribution in [0.15, 0.2) is 12.1 Å². The van der Waals surface area contributed by atoms with Crippen molar-refractivity contribution < 1.29 is 19.2 Å². The van der Waals surface area contributed by atoms with Gasteiger partial charge in [-0.3, -0.25) is 29.0 Å². The van der Waals surface area contributed by atoms with Gasteiger partial charge in [0.25, 0.3) is 23.6 Å². The Morgan fingerprint density at radius 3 is 1.12 bits per heavy atom. The summed E-state index contributed by atoms with van der Waals surface area (Å²) in [6, 6.07) is 4.55. The van der Waals surface area contributed by atoms with Crippen molar-refractivity contribution in [3.63, 3.8) is 0 Å². The Labute approximate surface area is 539 Å². The third-order valence-corrected chi connectivity index (χ3v) is 24.9. The maximum absolute atomic E-state index is 16.0. The highest BCUT2D eigenvalue weighted by Crippen LogP contribution is 2.55. The predicted octanol–water partition coefficient (Wildman–Crippen LogP) is 25.4. The largest absolute Gasteiger partial charge is 0.271 e. The minimum atomic E-state index is -0.201. The van der Waals surface area contributed by atoms with Crippen molar-refractivity contribution in [2.24, 2.45) is 11.8 Å². The highest BCUT2D eigenvalue weighted by Gasteiger charge is 2.49. The molecule has 4 aromatic heterocycles. The van der Waals surface area contributed by atoms with Gasteiger partial charge in [-0.25, -0.2) is 0 Å². The van der Waals surface area contributed by atoms with Gasteiger partial charge in [-0.05, 0) is 111 Å². The summed E-state index contributed by atoms with van der Waals surface area (Å²) in [5.74, 6) is 0.619. The molecule has 6 heterocycles. The number of hydrogen-bond donors (Lipinski definition) is 0. The summed E-state index contributed by atoms with van der Waals surface area (Å²) in [7, 11) is 0. The number of unbranched alkanes of at least 4 members (excludes halogenated alkanes) is 22. The Bertz CT molecular complexity index is 2810. The Balaban J connectivity index is 1.39. The summed E-state index contributed by atoms with van der Waals surface area (Å²) >= 11 is 6.87. The minimum Gasteiger partial charge on any atom is -0.271 e. The molecule has 0 bridgehead atoms. The number of aryl methyl sites for hydroxylation is 4. The number of fused-ring (bicyclic) bond motifs is 4. The molecule has 86 heavy (non-hydrogen) atoms. The van der Waals surface area contributed by atoms with E-state index in [0.29, 0.717) is 43.8 Å². The van der Waals surface area contributed by atoms with Gasteiger partial charge >= 0.3 is 0 Å². The summed E-state index contributed by atoms with van der Waals surface area (Å²) in [6.45, 7) is 22.7. The summed E-state index contributed by atoms with van der Waals surface area (Å²) in [4.78, 5) is 71.6. The highest BCUT2D eigenvalue weighted by molar-refractivity contribution is 7.29. The lowest BCUT2D eigenvalue weighted by Gasteiger charge is -2.27. The van der Waals surface area contributed by atoms with E-state index in [-0.39, 0.29) is 35.7 Å². The molecule has 2 aliphatic heterocycles. The number of carbonyl (C=O) groups is 4. The highest BCUT2D eigenvalue weighted by atomic mass is 32.1. The molecule has 7 rings (SSSR count). The molecule has 0 saturated heterocycles. The number of amides is 4. The van der Waals surface area contributed by atoms with Crippen LogP contribution in [0.3, 0.4) is 0 Å². The van der Waals surface area contributed by atoms with Crippen LogP contribution in [-0.2, 0) is 12.8 Å². The molecule has 1 aromatic carbocycles. The minimum absolute atomic E-state index is 0.158. The second-order valence-electron chi connectivity index (χ2n) is 26.6. The molecule has 4 amide bonds. The Kier molecular flexibility index (Phi) is 29.9. The lowest BCUT2D eigenvalue weighted by molar-refractivity contribution is 0.0546. The fraction of sp³-hybridized carbons (Fsp3) is 0.711. The van der Waals surface area contributed by atoms with E-state index in [0.717, 1.165) is 117 Å². The van der Waals surface area contributed by atoms with Gasteiger partial charge in [0.05, 0.1) is 36.9 Å². The van der Waals surface area contributed by atoms with E-state index < -0.39 is 0 Å². The van der Waals surface area contributed by atoms with Gasteiger partial charge in [-0.15, -0.1) is 45.3 Å². The molecule has 10 heteroatoms. The van der Waals surface area contributed by atoms with Crippen molar-refractivity contribution >= 4 is 89.1 Å². The smallest absolute Gasteiger partial charge is 0.263 e. The lowest BCUT2D eigenvalue weighted by atomic mass is 9.88. The molecule has 0 N–H and O–H groups in total. The molecule has 2 unspecified atom stereocenters. The Hall–Kier alpha value is -3.18. The molecule has 0 aliphatic carbocycles. The van der Waals surface area contributed by atoms with Crippen LogP contribution in [0.2, 0.25) is 0 Å². The van der Waals surface area contributed by atoms with Gasteiger partial charge in [0.1, 0.15) is 0 Å². The fourth-order valence-corrected chi connectivity index (χ4v) is 19.6. The van der Waals surface area contributed by atoms with Gasteiger partial charge in [0, 0.05) is 36.1 Å². The zero-order valence-corrected chi connectivity index (χ0v) is 59.2. The van der Waals surface area contributed by atoms with Crippen LogP contribution in [0.4, 0.5) is 0 Å². The Morgan fingerprint density at radius 2 is 0.698 bits per heavy atom. The van der Waals surface area contributed by atoms with Gasteiger partial charge in [0.2, 0.25) is 0 Å². The van der Waals surface area contributed by atoms with E-state index in [1.807, 2.05) is 29.6 Å². The molecule has 0 saturated carbocycles. The average Bonchev–Trinajstić information content (AvgIpc) is 1.74. The second-order valence-corrected chi connectivity index (χ2v) is 31.1. The normalized spacial score (nSPS) is 14.3. The fourth-order valence-electron chi connectivity index (χ4n) is 14.6. The molecule has 0 radical (unpaired) electrons. The van der Waals surface area contributed by atoms with Gasteiger partial charge in [-0.2, -0.15) is 0 Å². The van der Waals surface area contributed by atoms with E-state index in [2.05, 4.69) is 74.4 Å². The van der Waals surface area contributed by atoms with E-state index in [1.54, 1.807) is 21.1 Å². The van der Waals surface area contributed by atoms with E-state index in [4.69, 9.17) is 0 Å². The van der Waals surface area contributed by atoms with E-state index in [1.165, 1.54) is 202 Å². The van der Waals surface area contributed by atoms with Crippen molar-refractivity contribution in [3.8, 4) is 19.5 Å². The van der Waals surface area contributed by atoms with Crippen LogP contribution in [0.5, 0.6) is 0 Å². The maximum Gasteiger partial charge on any atom is 0.263 e. The van der Waals surface area contributed by atoms with Crippen molar-refractivity contribution in [1.29, 1.82) is 0 Å².